The molecule has 0 spiro atoms. The smallest absolute Gasteiger partial charge is 0.252 e. The molecule has 0 saturated carbocycles. The molecule has 4 aromatic rings. The van der Waals surface area contributed by atoms with Crippen molar-refractivity contribution in [2.75, 3.05) is 18.9 Å². The molecule has 1 aromatic carbocycles. The summed E-state index contributed by atoms with van der Waals surface area (Å²) in [5.74, 6) is 0.00412. The quantitative estimate of drug-likeness (QED) is 0.452. The molecule has 0 aliphatic heterocycles. The van der Waals surface area contributed by atoms with Crippen LogP contribution in [0.3, 0.4) is 0 Å². The molecule has 0 saturated heterocycles. The predicted octanol–water partition coefficient (Wildman–Crippen LogP) is 4.28. The number of fused-ring (bicyclic) bond motifs is 1. The Labute approximate surface area is 189 Å². The summed E-state index contributed by atoms with van der Waals surface area (Å²) in [6.45, 7) is 1.61. The van der Waals surface area contributed by atoms with Gasteiger partial charge in [-0.3, -0.25) is 9.20 Å². The third-order valence-electron chi connectivity index (χ3n) is 4.67. The fourth-order valence-electron chi connectivity index (χ4n) is 3.11. The van der Waals surface area contributed by atoms with Crippen LogP contribution in [0.4, 0.5) is 5.82 Å². The van der Waals surface area contributed by atoms with E-state index in [0.717, 1.165) is 26.8 Å². The molecule has 3 aromatic heterocycles. The number of aryl methyl sites for hydroxylation is 1. The minimum absolute atomic E-state index is 0.0862. The van der Waals surface area contributed by atoms with Crippen molar-refractivity contribution in [3.8, 4) is 11.3 Å². The van der Waals surface area contributed by atoms with E-state index in [4.69, 9.17) is 11.6 Å². The molecule has 7 nitrogen and oxygen atoms in total. The van der Waals surface area contributed by atoms with E-state index in [1.807, 2.05) is 55.6 Å². The molecule has 3 heterocycles. The summed E-state index contributed by atoms with van der Waals surface area (Å²) in [7, 11) is -2.46. The Kier molecular flexibility index (Phi) is 5.85. The van der Waals surface area contributed by atoms with E-state index in [1.165, 1.54) is 19.2 Å². The van der Waals surface area contributed by atoms with Crippen LogP contribution in [0.1, 0.15) is 5.56 Å². The molecular weight excluding hydrogens is 456 g/mol. The highest BCUT2D eigenvalue weighted by atomic mass is 35.5. The first-order chi connectivity index (χ1) is 14.8. The lowest BCUT2D eigenvalue weighted by Gasteiger charge is -2.16. The molecule has 160 valence electrons. The van der Waals surface area contributed by atoms with Crippen LogP contribution in [0.2, 0.25) is 4.34 Å². The number of nitrogens with one attached hydrogen (secondary N) is 1. The number of pyridine rings is 1. The van der Waals surface area contributed by atoms with E-state index in [1.54, 1.807) is 4.40 Å². The monoisotopic (exact) mass is 474 g/mol. The van der Waals surface area contributed by atoms with Gasteiger partial charge in [-0.15, -0.1) is 11.3 Å². The average Bonchev–Trinajstić information content (AvgIpc) is 3.32. The van der Waals surface area contributed by atoms with Crippen molar-refractivity contribution < 1.29 is 13.2 Å². The van der Waals surface area contributed by atoms with Gasteiger partial charge in [0, 0.05) is 18.8 Å². The van der Waals surface area contributed by atoms with Crippen LogP contribution in [0.25, 0.3) is 16.9 Å². The van der Waals surface area contributed by atoms with Crippen LogP contribution >= 0.6 is 22.9 Å². The van der Waals surface area contributed by atoms with Gasteiger partial charge < -0.3 is 5.32 Å². The van der Waals surface area contributed by atoms with Gasteiger partial charge in [0.15, 0.2) is 0 Å². The Morgan fingerprint density at radius 2 is 1.94 bits per heavy atom. The minimum atomic E-state index is -3.82. The third-order valence-corrected chi connectivity index (χ3v) is 8.17. The van der Waals surface area contributed by atoms with Crippen molar-refractivity contribution in [1.82, 2.24) is 13.7 Å². The molecule has 10 heteroatoms. The van der Waals surface area contributed by atoms with Gasteiger partial charge in [0.1, 0.15) is 21.4 Å². The number of anilines is 1. The Balaban J connectivity index is 1.64. The number of sulfonamides is 1. The first kappa shape index (κ1) is 21.5. The number of halogens is 1. The highest BCUT2D eigenvalue weighted by Crippen LogP contribution is 2.30. The van der Waals surface area contributed by atoms with Crippen molar-refractivity contribution in [3.05, 3.63) is 70.7 Å². The summed E-state index contributed by atoms with van der Waals surface area (Å²) >= 11 is 6.81. The van der Waals surface area contributed by atoms with Gasteiger partial charge in [-0.1, -0.05) is 41.9 Å². The van der Waals surface area contributed by atoms with Crippen LogP contribution in [0.15, 0.2) is 65.0 Å². The van der Waals surface area contributed by atoms with Gasteiger partial charge in [-0.05, 0) is 36.8 Å². The highest BCUT2D eigenvalue weighted by molar-refractivity contribution is 7.91. The lowest BCUT2D eigenvalue weighted by molar-refractivity contribution is -0.116. The summed E-state index contributed by atoms with van der Waals surface area (Å²) in [5, 5.41) is 2.84. The van der Waals surface area contributed by atoms with Gasteiger partial charge in [0.25, 0.3) is 10.0 Å². The van der Waals surface area contributed by atoms with Crippen LogP contribution in [0, 0.1) is 6.92 Å². The number of hydrogen-bond donors (Lipinski definition) is 1. The predicted molar refractivity (Wildman–Crippen MR) is 123 cm³/mol. The van der Waals surface area contributed by atoms with Crippen molar-refractivity contribution in [1.29, 1.82) is 0 Å². The zero-order valence-electron chi connectivity index (χ0n) is 16.7. The van der Waals surface area contributed by atoms with Crippen LogP contribution < -0.4 is 5.32 Å². The molecule has 0 aliphatic carbocycles. The normalized spacial score (nSPS) is 11.9. The minimum Gasteiger partial charge on any atom is -0.309 e. The number of aromatic nitrogens is 2. The SMILES string of the molecule is Cc1ccn2c(NC(=O)CN(C)S(=O)(=O)c3ccc(Cl)s3)c(-c3ccccc3)nc2c1. The van der Waals surface area contributed by atoms with Crippen molar-refractivity contribution in [2.45, 2.75) is 11.1 Å². The second-order valence-corrected chi connectivity index (χ2v) is 11.0. The second kappa shape index (κ2) is 8.43. The number of nitrogens with zero attached hydrogens (tertiary/aromatic N) is 3. The molecule has 0 atom stereocenters. The van der Waals surface area contributed by atoms with Gasteiger partial charge >= 0.3 is 0 Å². The zero-order chi connectivity index (χ0) is 22.2. The number of thiophene rings is 1. The molecule has 0 aliphatic rings. The van der Waals surface area contributed by atoms with Crippen molar-refractivity contribution in [3.63, 3.8) is 0 Å². The van der Waals surface area contributed by atoms with Gasteiger partial charge in [-0.25, -0.2) is 13.4 Å². The molecule has 4 rings (SSSR count). The fraction of sp³-hybridized carbons (Fsp3) is 0.143. The summed E-state index contributed by atoms with van der Waals surface area (Å²) in [6, 6.07) is 16.3. The maximum Gasteiger partial charge on any atom is 0.252 e. The lowest BCUT2D eigenvalue weighted by atomic mass is 10.1. The standard InChI is InChI=1S/C21H19ClN4O3S2/c1-14-10-11-26-17(12-14)23-20(15-6-4-3-5-7-15)21(26)24-18(27)13-25(2)31(28,29)19-9-8-16(22)30-19/h3-12H,13H2,1-2H3,(H,24,27). The van der Waals surface area contributed by atoms with E-state index in [2.05, 4.69) is 10.3 Å². The van der Waals surface area contributed by atoms with E-state index >= 15 is 0 Å². The molecule has 31 heavy (non-hydrogen) atoms. The summed E-state index contributed by atoms with van der Waals surface area (Å²) < 4.78 is 28.6. The average molecular weight is 475 g/mol. The first-order valence-corrected chi connectivity index (χ1v) is 11.9. The molecular formula is C21H19ClN4O3S2. The molecule has 0 bridgehead atoms. The number of carbonyl (C=O) groups is 1. The summed E-state index contributed by atoms with van der Waals surface area (Å²) in [6.07, 6.45) is 1.83. The Morgan fingerprint density at radius 1 is 1.19 bits per heavy atom. The number of carbonyl (C=O) groups excluding carboxylic acids is 1. The maximum atomic E-state index is 12.8. The number of benzene rings is 1. The maximum absolute atomic E-state index is 12.8. The number of hydrogen-bond acceptors (Lipinski definition) is 5. The molecule has 0 radical (unpaired) electrons. The van der Waals surface area contributed by atoms with E-state index < -0.39 is 15.9 Å². The van der Waals surface area contributed by atoms with Crippen LogP contribution in [-0.2, 0) is 14.8 Å². The Morgan fingerprint density at radius 3 is 2.61 bits per heavy atom. The van der Waals surface area contributed by atoms with Crippen molar-refractivity contribution in [2.24, 2.45) is 0 Å². The van der Waals surface area contributed by atoms with Crippen LogP contribution in [-0.4, -0.2) is 41.6 Å². The Bertz CT molecular complexity index is 1360. The third kappa shape index (κ3) is 4.35. The first-order valence-electron chi connectivity index (χ1n) is 9.31. The molecule has 0 fully saturated rings. The van der Waals surface area contributed by atoms with Gasteiger partial charge in [-0.2, -0.15) is 4.31 Å². The lowest BCUT2D eigenvalue weighted by Crippen LogP contribution is -2.34. The van der Waals surface area contributed by atoms with Crippen LogP contribution in [0.5, 0.6) is 0 Å². The van der Waals surface area contributed by atoms with E-state index in [-0.39, 0.29) is 10.8 Å². The van der Waals surface area contributed by atoms with E-state index in [0.29, 0.717) is 21.5 Å². The number of amides is 1. The fourth-order valence-corrected chi connectivity index (χ4v) is 5.93. The van der Waals surface area contributed by atoms with Crippen molar-refractivity contribution >= 4 is 50.3 Å². The van der Waals surface area contributed by atoms with E-state index in [9.17, 15) is 13.2 Å². The molecule has 1 amide bonds. The summed E-state index contributed by atoms with van der Waals surface area (Å²) in [5.41, 5.74) is 3.17. The number of likely N-dealkylation sites (N-methyl/N-ethyl adjacent to an activating group) is 1. The Hall–Kier alpha value is -2.72. The summed E-state index contributed by atoms with van der Waals surface area (Å²) in [4.78, 5) is 17.5. The number of imidazole rings is 1. The second-order valence-electron chi connectivity index (χ2n) is 6.98. The largest absolute Gasteiger partial charge is 0.309 e. The molecule has 0 unspecified atom stereocenters. The molecule has 1 N–H and O–H groups in total. The topological polar surface area (TPSA) is 83.8 Å². The van der Waals surface area contributed by atoms with Gasteiger partial charge in [0.2, 0.25) is 5.91 Å². The zero-order valence-corrected chi connectivity index (χ0v) is 19.1. The number of rotatable bonds is 6. The van der Waals surface area contributed by atoms with Gasteiger partial charge in [0.05, 0.1) is 10.9 Å². The highest BCUT2D eigenvalue weighted by Gasteiger charge is 2.26.